The van der Waals surface area contributed by atoms with Crippen LogP contribution in [0.25, 0.3) is 0 Å². The summed E-state index contributed by atoms with van der Waals surface area (Å²) in [4.78, 5) is 13.1. The Balaban J connectivity index is 1.67. The highest BCUT2D eigenvalue weighted by Gasteiger charge is 2.47. The molecule has 0 aromatic carbocycles. The van der Waals surface area contributed by atoms with Crippen molar-refractivity contribution >= 4 is 5.97 Å². The molecule has 0 aromatic heterocycles. The molecule has 2 aliphatic heterocycles. The summed E-state index contributed by atoms with van der Waals surface area (Å²) in [6.45, 7) is 3.66. The number of rotatable bonds is 52. The van der Waals surface area contributed by atoms with E-state index in [1.807, 2.05) is 0 Å². The van der Waals surface area contributed by atoms with Gasteiger partial charge in [0.1, 0.15) is 54.9 Å². The number of esters is 1. The van der Waals surface area contributed by atoms with Crippen LogP contribution >= 0.6 is 0 Å². The van der Waals surface area contributed by atoms with Crippen molar-refractivity contribution in [1.29, 1.82) is 0 Å². The number of carbonyl (C=O) groups excluding carboxylic acids is 1. The van der Waals surface area contributed by atoms with E-state index in [4.69, 9.17) is 28.4 Å². The van der Waals surface area contributed by atoms with Crippen LogP contribution in [-0.4, -0.2) is 142 Å². The van der Waals surface area contributed by atoms with Crippen LogP contribution in [0.15, 0.2) is 60.8 Å². The van der Waals surface area contributed by atoms with E-state index in [0.29, 0.717) is 13.0 Å². The molecule has 2 fully saturated rings. The van der Waals surface area contributed by atoms with Crippen molar-refractivity contribution in [3.63, 3.8) is 0 Å². The van der Waals surface area contributed by atoms with Gasteiger partial charge in [-0.3, -0.25) is 4.79 Å². The molecule has 11 unspecified atom stereocenters. The second-order valence-corrected chi connectivity index (χ2v) is 22.2. The second kappa shape index (κ2) is 51.3. The van der Waals surface area contributed by atoms with Gasteiger partial charge in [0, 0.05) is 13.0 Å². The van der Waals surface area contributed by atoms with Crippen molar-refractivity contribution < 1.29 is 69.0 Å². The van der Waals surface area contributed by atoms with Crippen molar-refractivity contribution in [2.45, 2.75) is 313 Å². The summed E-state index contributed by atoms with van der Waals surface area (Å²) in [5.74, 6) is -0.387. The van der Waals surface area contributed by atoms with Crippen LogP contribution < -0.4 is 0 Å². The third kappa shape index (κ3) is 37.5. The van der Waals surface area contributed by atoms with Crippen molar-refractivity contribution in [3.05, 3.63) is 60.8 Å². The Kier molecular flexibility index (Phi) is 47.3. The number of allylic oxidation sites excluding steroid dienone is 10. The van der Waals surface area contributed by atoms with Crippen molar-refractivity contribution in [1.82, 2.24) is 0 Å². The summed E-state index contributed by atoms with van der Waals surface area (Å²) in [6.07, 6.45) is 48.5. The molecular weight excluding hydrogens is 1000 g/mol. The SMILES string of the molecule is CCCCC/C=C\C/C=C\C/C=C\CCCCCCCCC(=O)OC(COCCCCCCCCCCCCCCCC/C=C\C/C=C\CCCCCCC)COC1OC(COC2OC(CO)C(O)C(O)C2O)C(O)C(O)C1O. The van der Waals surface area contributed by atoms with E-state index in [1.165, 1.54) is 141 Å². The van der Waals surface area contributed by atoms with Gasteiger partial charge in [-0.1, -0.05) is 216 Å². The molecule has 460 valence electrons. The maximum atomic E-state index is 13.1. The number of aliphatic hydroxyl groups excluding tert-OH is 7. The molecule has 0 aromatic rings. The van der Waals surface area contributed by atoms with Crippen LogP contribution in [-0.2, 0) is 33.2 Å². The fourth-order valence-electron chi connectivity index (χ4n) is 9.85. The number of carbonyl (C=O) groups is 1. The first kappa shape index (κ1) is 72.8. The molecule has 0 bridgehead atoms. The van der Waals surface area contributed by atoms with E-state index >= 15 is 0 Å². The van der Waals surface area contributed by atoms with Gasteiger partial charge in [-0.05, 0) is 83.5 Å². The Bertz CT molecular complexity index is 1540. The van der Waals surface area contributed by atoms with Crippen LogP contribution in [0.4, 0.5) is 0 Å². The number of hydrogen-bond donors (Lipinski definition) is 7. The first-order chi connectivity index (χ1) is 38.6. The summed E-state index contributed by atoms with van der Waals surface area (Å²) in [7, 11) is 0. The largest absolute Gasteiger partial charge is 0.457 e. The normalized spacial score (nSPS) is 24.4. The van der Waals surface area contributed by atoms with Gasteiger partial charge >= 0.3 is 5.97 Å². The highest BCUT2D eigenvalue weighted by atomic mass is 16.7. The Hall–Kier alpha value is -2.31. The van der Waals surface area contributed by atoms with Crippen LogP contribution in [0, 0.1) is 0 Å². The third-order valence-corrected chi connectivity index (χ3v) is 15.0. The molecule has 0 radical (unpaired) electrons. The molecule has 0 spiro atoms. The molecule has 14 nitrogen and oxygen atoms in total. The van der Waals surface area contributed by atoms with Crippen molar-refractivity contribution in [2.75, 3.05) is 33.0 Å². The zero-order chi connectivity index (χ0) is 57.2. The van der Waals surface area contributed by atoms with Gasteiger partial charge < -0.3 is 64.2 Å². The molecular formula is C65H116O14. The van der Waals surface area contributed by atoms with Crippen LogP contribution in [0.1, 0.15) is 245 Å². The predicted molar refractivity (Wildman–Crippen MR) is 316 cm³/mol. The van der Waals surface area contributed by atoms with Crippen molar-refractivity contribution in [3.8, 4) is 0 Å². The summed E-state index contributed by atoms with van der Waals surface area (Å²) in [5.41, 5.74) is 0. The van der Waals surface area contributed by atoms with Gasteiger partial charge in [0.25, 0.3) is 0 Å². The first-order valence-electron chi connectivity index (χ1n) is 31.9. The zero-order valence-electron chi connectivity index (χ0n) is 49.6. The minimum absolute atomic E-state index is 0.0550. The Morgan fingerprint density at radius 1 is 0.418 bits per heavy atom. The number of aliphatic hydroxyl groups is 7. The standard InChI is InChI=1S/C65H116O14/c1-3-5-7-9-11-13-15-17-19-21-23-24-25-26-27-28-29-31-33-35-37-39-41-43-45-47-49-74-51-54(77-57(67)48-46-44-42-40-38-36-34-32-30-22-20-18-16-14-12-10-8-6-4-2)52-75-64-63(73)61(71)59(69)56(79-64)53-76-65-62(72)60(70)58(68)55(50-66)78-65/h12,14-15,17-18,20-21,23,30,32,54-56,58-66,68-73H,3-11,13,16,19,22,24-29,31,33-53H2,1-2H3/b14-12-,17-15-,20-18-,23-21-,32-30-. The van der Waals surface area contributed by atoms with E-state index < -0.39 is 80.7 Å². The van der Waals surface area contributed by atoms with E-state index in [9.17, 15) is 40.5 Å². The van der Waals surface area contributed by atoms with Gasteiger partial charge in [0.05, 0.1) is 26.4 Å². The van der Waals surface area contributed by atoms with Gasteiger partial charge in [-0.25, -0.2) is 0 Å². The molecule has 2 heterocycles. The lowest BCUT2D eigenvalue weighted by Gasteiger charge is -2.42. The van der Waals surface area contributed by atoms with E-state index in [2.05, 4.69) is 74.6 Å². The number of unbranched alkanes of at least 4 members (excludes halogenated alkanes) is 28. The average molecular weight is 1120 g/mol. The zero-order valence-corrected chi connectivity index (χ0v) is 49.6. The lowest BCUT2D eigenvalue weighted by atomic mass is 9.98. The third-order valence-electron chi connectivity index (χ3n) is 15.0. The van der Waals surface area contributed by atoms with Crippen LogP contribution in [0.3, 0.4) is 0 Å². The number of hydrogen-bond acceptors (Lipinski definition) is 14. The minimum Gasteiger partial charge on any atom is -0.457 e. The van der Waals surface area contributed by atoms with Crippen molar-refractivity contribution in [2.24, 2.45) is 0 Å². The van der Waals surface area contributed by atoms with E-state index in [0.717, 1.165) is 77.0 Å². The maximum absolute atomic E-state index is 13.1. The molecule has 2 aliphatic rings. The smallest absolute Gasteiger partial charge is 0.306 e. The van der Waals surface area contributed by atoms with Crippen LogP contribution in [0.2, 0.25) is 0 Å². The summed E-state index contributed by atoms with van der Waals surface area (Å²) < 4.78 is 34.5. The Morgan fingerprint density at radius 2 is 0.785 bits per heavy atom. The topological polar surface area (TPSA) is 214 Å². The minimum atomic E-state index is -1.71. The molecule has 0 saturated carbocycles. The average Bonchev–Trinajstić information content (AvgIpc) is 3.46. The van der Waals surface area contributed by atoms with Crippen LogP contribution in [0.5, 0.6) is 0 Å². The lowest BCUT2D eigenvalue weighted by Crippen LogP contribution is -2.61. The molecule has 11 atom stereocenters. The highest BCUT2D eigenvalue weighted by molar-refractivity contribution is 5.69. The van der Waals surface area contributed by atoms with Gasteiger partial charge in [0.2, 0.25) is 0 Å². The Morgan fingerprint density at radius 3 is 1.25 bits per heavy atom. The fraction of sp³-hybridized carbons (Fsp3) is 0.831. The summed E-state index contributed by atoms with van der Waals surface area (Å²) in [6, 6.07) is 0. The highest BCUT2D eigenvalue weighted by Crippen LogP contribution is 2.27. The maximum Gasteiger partial charge on any atom is 0.306 e. The predicted octanol–water partition coefficient (Wildman–Crippen LogP) is 12.4. The molecule has 14 heteroatoms. The molecule has 2 rings (SSSR count). The van der Waals surface area contributed by atoms with Gasteiger partial charge in [0.15, 0.2) is 12.6 Å². The molecule has 79 heavy (non-hydrogen) atoms. The first-order valence-corrected chi connectivity index (χ1v) is 31.9. The lowest BCUT2D eigenvalue weighted by molar-refractivity contribution is -0.332. The Labute approximate surface area is 479 Å². The molecule has 7 N–H and O–H groups in total. The molecule has 2 saturated heterocycles. The fourth-order valence-corrected chi connectivity index (χ4v) is 9.85. The van der Waals surface area contributed by atoms with Gasteiger partial charge in [-0.15, -0.1) is 0 Å². The summed E-state index contributed by atoms with van der Waals surface area (Å²) >= 11 is 0. The second-order valence-electron chi connectivity index (χ2n) is 22.2. The molecule has 0 amide bonds. The molecule has 0 aliphatic carbocycles. The quantitative estimate of drug-likeness (QED) is 0.0172. The van der Waals surface area contributed by atoms with E-state index in [1.54, 1.807) is 0 Å². The summed E-state index contributed by atoms with van der Waals surface area (Å²) in [5, 5.41) is 72.5. The number of ether oxygens (including phenoxy) is 6. The monoisotopic (exact) mass is 1120 g/mol. The van der Waals surface area contributed by atoms with E-state index in [-0.39, 0.29) is 25.6 Å². The van der Waals surface area contributed by atoms with Gasteiger partial charge in [-0.2, -0.15) is 0 Å².